The third-order valence-electron chi connectivity index (χ3n) is 3.11. The van der Waals surface area contributed by atoms with Gasteiger partial charge in [-0.25, -0.2) is 0 Å². The van der Waals surface area contributed by atoms with E-state index >= 15 is 0 Å². The molecule has 0 aromatic rings. The van der Waals surface area contributed by atoms with Gasteiger partial charge in [-0.1, -0.05) is 0 Å². The van der Waals surface area contributed by atoms with Crippen molar-refractivity contribution in [2.24, 2.45) is 0 Å². The van der Waals surface area contributed by atoms with E-state index in [1.54, 1.807) is 7.11 Å². The first kappa shape index (κ1) is 12.9. The molecule has 3 nitrogen and oxygen atoms in total. The Morgan fingerprint density at radius 1 is 1.20 bits per heavy atom. The van der Waals surface area contributed by atoms with E-state index in [-0.39, 0.29) is 11.2 Å². The molecule has 0 aromatic heterocycles. The number of methoxy groups -OCH3 is 1. The summed E-state index contributed by atoms with van der Waals surface area (Å²) in [6, 6.07) is 0.528. The Hall–Kier alpha value is -0.120. The van der Waals surface area contributed by atoms with Crippen LogP contribution < -0.4 is 0 Å². The van der Waals surface area contributed by atoms with Crippen LogP contribution in [0, 0.1) is 0 Å². The Labute approximate surface area is 93.7 Å². The van der Waals surface area contributed by atoms with Gasteiger partial charge < -0.3 is 9.47 Å². The average molecular weight is 215 g/mol. The zero-order valence-electron chi connectivity index (χ0n) is 11.0. The van der Waals surface area contributed by atoms with Crippen molar-refractivity contribution < 1.29 is 9.47 Å². The monoisotopic (exact) mass is 215 g/mol. The Bertz CT molecular complexity index is 216. The largest absolute Gasteiger partial charge is 0.375 e. The molecule has 1 fully saturated rings. The molecule has 0 N–H and O–H groups in total. The lowest BCUT2D eigenvalue weighted by Gasteiger charge is -2.33. The molecule has 1 atom stereocenters. The predicted molar refractivity (Wildman–Crippen MR) is 62.2 cm³/mol. The van der Waals surface area contributed by atoms with E-state index < -0.39 is 0 Å². The van der Waals surface area contributed by atoms with Crippen LogP contribution in [0.15, 0.2) is 0 Å². The van der Waals surface area contributed by atoms with Crippen LogP contribution in [-0.2, 0) is 9.47 Å². The van der Waals surface area contributed by atoms with Crippen molar-refractivity contribution in [1.29, 1.82) is 0 Å². The summed E-state index contributed by atoms with van der Waals surface area (Å²) < 4.78 is 11.5. The van der Waals surface area contributed by atoms with Gasteiger partial charge in [0.05, 0.1) is 12.2 Å². The molecular weight excluding hydrogens is 190 g/mol. The van der Waals surface area contributed by atoms with Crippen LogP contribution in [0.25, 0.3) is 0 Å². The maximum atomic E-state index is 5.91. The highest BCUT2D eigenvalue weighted by molar-refractivity contribution is 4.89. The standard InChI is InChI=1S/C12H25NO2/c1-10(2)13-7-11(3,4)15-9-12(5,8-13)14-6/h10H,7-9H2,1-6H3/t12-/m0/s1. The third-order valence-corrected chi connectivity index (χ3v) is 3.11. The van der Waals surface area contributed by atoms with Crippen molar-refractivity contribution in [3.63, 3.8) is 0 Å². The van der Waals surface area contributed by atoms with Crippen LogP contribution in [0.2, 0.25) is 0 Å². The van der Waals surface area contributed by atoms with Gasteiger partial charge in [-0.2, -0.15) is 0 Å². The summed E-state index contributed by atoms with van der Waals surface area (Å²) in [5.74, 6) is 0. The first-order valence-electron chi connectivity index (χ1n) is 5.71. The van der Waals surface area contributed by atoms with E-state index in [0.29, 0.717) is 12.6 Å². The molecule has 0 bridgehead atoms. The molecule has 15 heavy (non-hydrogen) atoms. The van der Waals surface area contributed by atoms with Gasteiger partial charge in [-0.3, -0.25) is 4.90 Å². The zero-order valence-corrected chi connectivity index (χ0v) is 11.0. The van der Waals surface area contributed by atoms with Crippen molar-refractivity contribution in [3.8, 4) is 0 Å². The lowest BCUT2D eigenvalue weighted by atomic mass is 10.1. The Balaban J connectivity index is 2.80. The van der Waals surface area contributed by atoms with Crippen molar-refractivity contribution >= 4 is 0 Å². The minimum atomic E-state index is -0.183. The van der Waals surface area contributed by atoms with Crippen LogP contribution >= 0.6 is 0 Å². The summed E-state index contributed by atoms with van der Waals surface area (Å²) in [6.45, 7) is 13.4. The SMILES string of the molecule is CO[C@]1(C)COC(C)(C)CN(C(C)C)C1. The summed E-state index contributed by atoms with van der Waals surface area (Å²) in [7, 11) is 1.76. The lowest BCUT2D eigenvalue weighted by Crippen LogP contribution is -2.46. The molecule has 1 heterocycles. The molecule has 0 unspecified atom stereocenters. The van der Waals surface area contributed by atoms with Crippen molar-refractivity contribution in [1.82, 2.24) is 4.90 Å². The van der Waals surface area contributed by atoms with E-state index in [4.69, 9.17) is 9.47 Å². The summed E-state index contributed by atoms with van der Waals surface area (Å²) in [5.41, 5.74) is -0.265. The van der Waals surface area contributed by atoms with E-state index in [1.165, 1.54) is 0 Å². The van der Waals surface area contributed by atoms with E-state index in [2.05, 4.69) is 39.5 Å². The van der Waals surface area contributed by atoms with Crippen LogP contribution in [0.1, 0.15) is 34.6 Å². The summed E-state index contributed by atoms with van der Waals surface area (Å²) in [5, 5.41) is 0. The highest BCUT2D eigenvalue weighted by Gasteiger charge is 2.37. The summed E-state index contributed by atoms with van der Waals surface area (Å²) in [6.07, 6.45) is 0. The van der Waals surface area contributed by atoms with Crippen molar-refractivity contribution in [3.05, 3.63) is 0 Å². The Morgan fingerprint density at radius 2 is 1.80 bits per heavy atom. The van der Waals surface area contributed by atoms with Crippen LogP contribution in [0.4, 0.5) is 0 Å². The number of nitrogens with zero attached hydrogens (tertiary/aromatic N) is 1. The fraction of sp³-hybridized carbons (Fsp3) is 1.00. The highest BCUT2D eigenvalue weighted by Crippen LogP contribution is 2.24. The van der Waals surface area contributed by atoms with Gasteiger partial charge in [0, 0.05) is 26.2 Å². The molecule has 0 aromatic carbocycles. The Morgan fingerprint density at radius 3 is 2.27 bits per heavy atom. The van der Waals surface area contributed by atoms with Gasteiger partial charge in [-0.15, -0.1) is 0 Å². The first-order valence-corrected chi connectivity index (χ1v) is 5.71. The number of rotatable bonds is 2. The molecule has 1 rings (SSSR count). The fourth-order valence-electron chi connectivity index (χ4n) is 1.90. The average Bonchev–Trinajstić information content (AvgIpc) is 2.25. The van der Waals surface area contributed by atoms with Gasteiger partial charge in [0.25, 0.3) is 0 Å². The number of ether oxygens (including phenoxy) is 2. The molecule has 0 aliphatic carbocycles. The molecule has 1 saturated heterocycles. The summed E-state index contributed by atoms with van der Waals surface area (Å²) >= 11 is 0. The minimum absolute atomic E-state index is 0.0828. The van der Waals surface area contributed by atoms with Gasteiger partial charge in [0.1, 0.15) is 5.60 Å². The highest BCUT2D eigenvalue weighted by atomic mass is 16.5. The van der Waals surface area contributed by atoms with Crippen LogP contribution in [0.5, 0.6) is 0 Å². The normalized spacial score (nSPS) is 33.0. The van der Waals surface area contributed by atoms with Crippen LogP contribution in [-0.4, -0.2) is 49.0 Å². The Kier molecular flexibility index (Phi) is 3.80. The van der Waals surface area contributed by atoms with Crippen molar-refractivity contribution in [2.45, 2.75) is 51.9 Å². The minimum Gasteiger partial charge on any atom is -0.375 e. The van der Waals surface area contributed by atoms with E-state index in [9.17, 15) is 0 Å². The second-order valence-corrected chi connectivity index (χ2v) is 5.70. The lowest BCUT2D eigenvalue weighted by molar-refractivity contribution is -0.0912. The number of hydrogen-bond donors (Lipinski definition) is 0. The molecular formula is C12H25NO2. The smallest absolute Gasteiger partial charge is 0.101 e. The van der Waals surface area contributed by atoms with E-state index in [0.717, 1.165) is 13.1 Å². The zero-order chi connectivity index (χ0) is 11.7. The summed E-state index contributed by atoms with van der Waals surface area (Å²) in [4.78, 5) is 2.43. The molecule has 90 valence electrons. The molecule has 0 saturated carbocycles. The molecule has 0 spiro atoms. The maximum absolute atomic E-state index is 5.91. The fourth-order valence-corrected chi connectivity index (χ4v) is 1.90. The maximum Gasteiger partial charge on any atom is 0.101 e. The second kappa shape index (κ2) is 4.40. The molecule has 0 radical (unpaired) electrons. The number of hydrogen-bond acceptors (Lipinski definition) is 3. The van der Waals surface area contributed by atoms with Crippen molar-refractivity contribution in [2.75, 3.05) is 26.8 Å². The van der Waals surface area contributed by atoms with Gasteiger partial charge in [0.2, 0.25) is 0 Å². The van der Waals surface area contributed by atoms with Gasteiger partial charge >= 0.3 is 0 Å². The van der Waals surface area contributed by atoms with Gasteiger partial charge in [-0.05, 0) is 34.6 Å². The third kappa shape index (κ3) is 3.44. The molecule has 0 amide bonds. The topological polar surface area (TPSA) is 21.7 Å². The van der Waals surface area contributed by atoms with Gasteiger partial charge in [0.15, 0.2) is 0 Å². The molecule has 1 aliphatic rings. The molecule has 1 aliphatic heterocycles. The predicted octanol–water partition coefficient (Wildman–Crippen LogP) is 1.91. The second-order valence-electron chi connectivity index (χ2n) is 5.70. The molecule has 3 heteroatoms. The van der Waals surface area contributed by atoms with E-state index in [1.807, 2.05) is 0 Å². The quantitative estimate of drug-likeness (QED) is 0.702. The van der Waals surface area contributed by atoms with Crippen LogP contribution in [0.3, 0.4) is 0 Å². The first-order chi connectivity index (χ1) is 6.78.